The van der Waals surface area contributed by atoms with Crippen molar-refractivity contribution < 1.29 is 18.4 Å². The molecule has 0 radical (unpaired) electrons. The van der Waals surface area contributed by atoms with Crippen LogP contribution in [0.1, 0.15) is 30.6 Å². The first-order valence-electron chi connectivity index (χ1n) is 8.31. The lowest BCUT2D eigenvalue weighted by Crippen LogP contribution is -2.23. The number of amides is 1. The van der Waals surface area contributed by atoms with Gasteiger partial charge < -0.3 is 14.4 Å². The SMILES string of the molecule is CCOP(=O)(OCC)C(C(=O)Nc1ccc(C)cc1)c1ccccc1. The van der Waals surface area contributed by atoms with Crippen LogP contribution in [-0.2, 0) is 18.4 Å². The molecule has 2 rings (SSSR count). The van der Waals surface area contributed by atoms with Gasteiger partial charge in [0.2, 0.25) is 5.91 Å². The van der Waals surface area contributed by atoms with Crippen molar-refractivity contribution in [1.82, 2.24) is 0 Å². The molecule has 1 unspecified atom stereocenters. The average molecular weight is 361 g/mol. The number of benzene rings is 2. The molecule has 0 aromatic heterocycles. The molecule has 0 aliphatic heterocycles. The van der Waals surface area contributed by atoms with Gasteiger partial charge in [-0.05, 0) is 38.5 Å². The van der Waals surface area contributed by atoms with E-state index in [1.165, 1.54) is 0 Å². The maximum absolute atomic E-state index is 13.3. The highest BCUT2D eigenvalue weighted by molar-refractivity contribution is 7.55. The second kappa shape index (κ2) is 8.95. The highest BCUT2D eigenvalue weighted by atomic mass is 31.2. The molecule has 2 aromatic carbocycles. The van der Waals surface area contributed by atoms with E-state index < -0.39 is 19.2 Å². The quantitative estimate of drug-likeness (QED) is 0.676. The zero-order chi connectivity index (χ0) is 18.3. The van der Waals surface area contributed by atoms with Crippen LogP contribution in [0.3, 0.4) is 0 Å². The van der Waals surface area contributed by atoms with Crippen molar-refractivity contribution in [3.63, 3.8) is 0 Å². The third-order valence-electron chi connectivity index (χ3n) is 3.62. The Balaban J connectivity index is 2.38. The Labute approximate surface area is 148 Å². The first-order valence-corrected chi connectivity index (χ1v) is 9.92. The molecule has 0 bridgehead atoms. The van der Waals surface area contributed by atoms with Crippen LogP contribution in [0.2, 0.25) is 0 Å². The van der Waals surface area contributed by atoms with Gasteiger partial charge in [-0.25, -0.2) is 0 Å². The Hall–Kier alpha value is -1.94. The monoisotopic (exact) mass is 361 g/mol. The predicted octanol–water partition coefficient (Wildman–Crippen LogP) is 4.94. The number of rotatable bonds is 8. The van der Waals surface area contributed by atoms with Gasteiger partial charge in [-0.3, -0.25) is 9.36 Å². The van der Waals surface area contributed by atoms with Crippen molar-refractivity contribution in [2.75, 3.05) is 18.5 Å². The van der Waals surface area contributed by atoms with Gasteiger partial charge in [0.15, 0.2) is 5.66 Å². The molecule has 0 heterocycles. The summed E-state index contributed by atoms with van der Waals surface area (Å²) in [6.07, 6.45) is 0. The molecule has 5 nitrogen and oxygen atoms in total. The van der Waals surface area contributed by atoms with Crippen LogP contribution in [0.4, 0.5) is 5.69 Å². The van der Waals surface area contributed by atoms with E-state index in [0.717, 1.165) is 5.56 Å². The highest BCUT2D eigenvalue weighted by Gasteiger charge is 2.42. The van der Waals surface area contributed by atoms with E-state index in [2.05, 4.69) is 5.32 Å². The van der Waals surface area contributed by atoms with Crippen molar-refractivity contribution in [1.29, 1.82) is 0 Å². The predicted molar refractivity (Wildman–Crippen MR) is 99.9 cm³/mol. The standard InChI is InChI=1S/C19H24NO4P/c1-4-23-25(22,24-5-2)18(16-9-7-6-8-10-16)19(21)20-17-13-11-15(3)12-14-17/h6-14,18H,4-5H2,1-3H3,(H,20,21). The Morgan fingerprint density at radius 2 is 1.56 bits per heavy atom. The topological polar surface area (TPSA) is 64.6 Å². The molecule has 1 atom stereocenters. The van der Waals surface area contributed by atoms with E-state index in [9.17, 15) is 9.36 Å². The van der Waals surface area contributed by atoms with Gasteiger partial charge in [0.1, 0.15) is 0 Å². The van der Waals surface area contributed by atoms with Gasteiger partial charge in [0.05, 0.1) is 13.2 Å². The molecule has 0 saturated heterocycles. The number of nitrogens with one attached hydrogen (secondary N) is 1. The normalized spacial score (nSPS) is 12.6. The van der Waals surface area contributed by atoms with E-state index in [-0.39, 0.29) is 13.2 Å². The molecule has 0 aliphatic carbocycles. The van der Waals surface area contributed by atoms with E-state index in [4.69, 9.17) is 9.05 Å². The lowest BCUT2D eigenvalue weighted by Gasteiger charge is -2.26. The van der Waals surface area contributed by atoms with Gasteiger partial charge in [-0.2, -0.15) is 0 Å². The first-order chi connectivity index (χ1) is 12.0. The Kier molecular flexibility index (Phi) is 6.94. The van der Waals surface area contributed by atoms with Crippen LogP contribution in [0.5, 0.6) is 0 Å². The largest absolute Gasteiger partial charge is 0.347 e. The van der Waals surface area contributed by atoms with Crippen LogP contribution < -0.4 is 5.32 Å². The maximum atomic E-state index is 13.3. The summed E-state index contributed by atoms with van der Waals surface area (Å²) in [7, 11) is -3.67. The Bertz CT molecular complexity index is 721. The fraction of sp³-hybridized carbons (Fsp3) is 0.316. The fourth-order valence-corrected chi connectivity index (χ4v) is 4.49. The molecule has 0 aliphatic rings. The Morgan fingerprint density at radius 1 is 1.00 bits per heavy atom. The summed E-state index contributed by atoms with van der Waals surface area (Å²) in [5.74, 6) is -0.416. The summed E-state index contributed by atoms with van der Waals surface area (Å²) in [5, 5.41) is 2.82. The van der Waals surface area contributed by atoms with Gasteiger partial charge >= 0.3 is 7.60 Å². The van der Waals surface area contributed by atoms with E-state index in [0.29, 0.717) is 11.3 Å². The molecule has 1 amide bonds. The van der Waals surface area contributed by atoms with Gasteiger partial charge in [0.25, 0.3) is 0 Å². The van der Waals surface area contributed by atoms with Crippen molar-refractivity contribution in [3.8, 4) is 0 Å². The maximum Gasteiger partial charge on any atom is 0.347 e. The summed E-state index contributed by atoms with van der Waals surface area (Å²) in [5.41, 5.74) is 1.29. The number of carbonyl (C=O) groups excluding carboxylic acids is 1. The van der Waals surface area contributed by atoms with E-state index in [1.807, 2.05) is 37.3 Å². The first kappa shape index (κ1) is 19.4. The summed E-state index contributed by atoms with van der Waals surface area (Å²) in [6.45, 7) is 5.81. The molecule has 25 heavy (non-hydrogen) atoms. The minimum Gasteiger partial charge on any atom is -0.325 e. The summed E-state index contributed by atoms with van der Waals surface area (Å²) in [4.78, 5) is 13.0. The summed E-state index contributed by atoms with van der Waals surface area (Å²) in [6, 6.07) is 16.4. The van der Waals surface area contributed by atoms with Crippen molar-refractivity contribution in [2.24, 2.45) is 0 Å². The molecule has 0 saturated carbocycles. The summed E-state index contributed by atoms with van der Waals surface area (Å²) >= 11 is 0. The number of hydrogen-bond donors (Lipinski definition) is 1. The number of anilines is 1. The molecule has 1 N–H and O–H groups in total. The zero-order valence-corrected chi connectivity index (χ0v) is 15.7. The lowest BCUT2D eigenvalue weighted by atomic mass is 10.1. The van der Waals surface area contributed by atoms with Crippen LogP contribution in [0, 0.1) is 6.92 Å². The van der Waals surface area contributed by atoms with Crippen LogP contribution in [0.15, 0.2) is 54.6 Å². The second-order valence-electron chi connectivity index (χ2n) is 5.54. The van der Waals surface area contributed by atoms with Crippen LogP contribution >= 0.6 is 7.60 Å². The molecule has 0 fully saturated rings. The fourth-order valence-electron chi connectivity index (χ4n) is 2.51. The van der Waals surface area contributed by atoms with Crippen molar-refractivity contribution >= 4 is 19.2 Å². The highest BCUT2D eigenvalue weighted by Crippen LogP contribution is 2.61. The second-order valence-corrected chi connectivity index (χ2v) is 7.66. The average Bonchev–Trinajstić information content (AvgIpc) is 2.58. The number of carbonyl (C=O) groups is 1. The smallest absolute Gasteiger partial charge is 0.325 e. The molecule has 134 valence electrons. The molecule has 2 aromatic rings. The van der Waals surface area contributed by atoms with Gasteiger partial charge in [-0.1, -0.05) is 48.0 Å². The molecular weight excluding hydrogens is 337 g/mol. The minimum absolute atomic E-state index is 0.193. The Morgan fingerprint density at radius 3 is 2.08 bits per heavy atom. The van der Waals surface area contributed by atoms with E-state index in [1.54, 1.807) is 38.1 Å². The van der Waals surface area contributed by atoms with Gasteiger partial charge in [-0.15, -0.1) is 0 Å². The van der Waals surface area contributed by atoms with Crippen molar-refractivity contribution in [2.45, 2.75) is 26.4 Å². The van der Waals surface area contributed by atoms with Crippen LogP contribution in [0.25, 0.3) is 0 Å². The van der Waals surface area contributed by atoms with Crippen LogP contribution in [-0.4, -0.2) is 19.1 Å². The third-order valence-corrected chi connectivity index (χ3v) is 6.02. The molecule has 6 heteroatoms. The number of hydrogen-bond acceptors (Lipinski definition) is 4. The molecular formula is C19H24NO4P. The minimum atomic E-state index is -3.67. The van der Waals surface area contributed by atoms with Gasteiger partial charge in [0, 0.05) is 5.69 Å². The third kappa shape index (κ3) is 5.02. The zero-order valence-electron chi connectivity index (χ0n) is 14.8. The molecule has 0 spiro atoms. The van der Waals surface area contributed by atoms with E-state index >= 15 is 0 Å². The summed E-state index contributed by atoms with van der Waals surface area (Å²) < 4.78 is 24.2. The number of aryl methyl sites for hydroxylation is 1. The lowest BCUT2D eigenvalue weighted by molar-refractivity contribution is -0.116. The van der Waals surface area contributed by atoms with Crippen molar-refractivity contribution in [3.05, 3.63) is 65.7 Å².